The molecule has 1 amide bonds. The van der Waals surface area contributed by atoms with Gasteiger partial charge in [0.15, 0.2) is 5.02 Å². The molecule has 0 atom stereocenters. The number of nitro groups is 1. The molecule has 0 unspecified atom stereocenters. The quantitative estimate of drug-likeness (QED) is 0.319. The molecule has 22 heavy (non-hydrogen) atoms. The van der Waals surface area contributed by atoms with E-state index in [0.29, 0.717) is 0 Å². The summed E-state index contributed by atoms with van der Waals surface area (Å²) in [5.41, 5.74) is 4.44. The molecule has 2 N–H and O–H groups in total. The highest BCUT2D eigenvalue weighted by Gasteiger charge is 2.21. The summed E-state index contributed by atoms with van der Waals surface area (Å²) >= 11 is 5.82. The van der Waals surface area contributed by atoms with Crippen LogP contribution in [0.1, 0.15) is 16.8 Å². The predicted molar refractivity (Wildman–Crippen MR) is 77.5 cm³/mol. The minimum Gasteiger partial charge on any atom is -0.492 e. The van der Waals surface area contributed by atoms with E-state index in [2.05, 4.69) is 4.18 Å². The molecule has 0 radical (unpaired) electrons. The molecule has 0 spiro atoms. The molecule has 0 fully saturated rings. The third kappa shape index (κ3) is 5.47. The second-order valence-electron chi connectivity index (χ2n) is 4.16. The molecular weight excluding hydrogens is 340 g/mol. The Labute approximate surface area is 131 Å². The van der Waals surface area contributed by atoms with Gasteiger partial charge in [-0.15, -0.1) is 0 Å². The number of nitrogens with two attached hydrogens (primary N) is 1. The standard InChI is InChI=1S/C11H13ClN2O7S/c1-22(18,19)21-4-2-3-20-9-6-7(11(13)15)5-8(10(9)12)14(16)17/h5-6H,2-4H2,1H3,(H2,13,15). The zero-order valence-corrected chi connectivity index (χ0v) is 13.0. The highest BCUT2D eigenvalue weighted by molar-refractivity contribution is 7.85. The van der Waals surface area contributed by atoms with Crippen molar-refractivity contribution in [2.24, 2.45) is 5.73 Å². The Hall–Kier alpha value is -1.91. The molecular formula is C11H13ClN2O7S. The van der Waals surface area contributed by atoms with Crippen molar-refractivity contribution in [2.75, 3.05) is 19.5 Å². The van der Waals surface area contributed by atoms with Crippen molar-refractivity contribution in [3.8, 4) is 5.75 Å². The Bertz CT molecular complexity index is 690. The first-order valence-electron chi connectivity index (χ1n) is 5.86. The van der Waals surface area contributed by atoms with Gasteiger partial charge in [0.1, 0.15) is 5.75 Å². The van der Waals surface area contributed by atoms with Crippen molar-refractivity contribution < 1.29 is 27.1 Å². The Balaban J connectivity index is 2.81. The molecule has 0 saturated heterocycles. The second kappa shape index (κ2) is 7.38. The largest absolute Gasteiger partial charge is 0.492 e. The van der Waals surface area contributed by atoms with Crippen molar-refractivity contribution >= 4 is 33.3 Å². The van der Waals surface area contributed by atoms with Crippen LogP contribution in [0.4, 0.5) is 5.69 Å². The summed E-state index contributed by atoms with van der Waals surface area (Å²) in [6.45, 7) is -0.136. The molecule has 0 aromatic heterocycles. The maximum Gasteiger partial charge on any atom is 0.292 e. The molecule has 1 rings (SSSR count). The van der Waals surface area contributed by atoms with E-state index in [0.717, 1.165) is 12.3 Å². The first kappa shape index (κ1) is 18.1. The van der Waals surface area contributed by atoms with Crippen molar-refractivity contribution in [1.29, 1.82) is 0 Å². The van der Waals surface area contributed by atoms with Crippen LogP contribution in [0, 0.1) is 10.1 Å². The SMILES string of the molecule is CS(=O)(=O)OCCCOc1cc(C(N)=O)cc([N+](=O)[O-])c1Cl. The number of carbonyl (C=O) groups excluding carboxylic acids is 1. The monoisotopic (exact) mass is 352 g/mol. The minimum atomic E-state index is -3.55. The Morgan fingerprint density at radius 2 is 2.05 bits per heavy atom. The number of carbonyl (C=O) groups is 1. The summed E-state index contributed by atoms with van der Waals surface area (Å²) in [4.78, 5) is 21.2. The number of primary amides is 1. The van der Waals surface area contributed by atoms with Gasteiger partial charge in [-0.05, 0) is 6.07 Å². The van der Waals surface area contributed by atoms with Crippen molar-refractivity contribution in [3.63, 3.8) is 0 Å². The number of hydrogen-bond acceptors (Lipinski definition) is 7. The molecule has 122 valence electrons. The van der Waals surface area contributed by atoms with Gasteiger partial charge in [0.2, 0.25) is 5.91 Å². The third-order valence-electron chi connectivity index (χ3n) is 2.34. The zero-order chi connectivity index (χ0) is 16.9. The van der Waals surface area contributed by atoms with Crippen molar-refractivity contribution in [2.45, 2.75) is 6.42 Å². The lowest BCUT2D eigenvalue weighted by atomic mass is 10.2. The van der Waals surface area contributed by atoms with E-state index in [1.165, 1.54) is 6.07 Å². The number of nitro benzene ring substituents is 1. The van der Waals surface area contributed by atoms with E-state index in [1.807, 2.05) is 0 Å². The van der Waals surface area contributed by atoms with Crippen LogP contribution >= 0.6 is 11.6 Å². The summed E-state index contributed by atoms with van der Waals surface area (Å²) in [5, 5.41) is 10.6. The molecule has 0 aliphatic rings. The predicted octanol–water partition coefficient (Wildman–Crippen LogP) is 1.09. The van der Waals surface area contributed by atoms with E-state index in [9.17, 15) is 23.3 Å². The summed E-state index contributed by atoms with van der Waals surface area (Å²) < 4.78 is 31.2. The van der Waals surface area contributed by atoms with Gasteiger partial charge in [0.25, 0.3) is 15.8 Å². The fourth-order valence-corrected chi connectivity index (χ4v) is 2.07. The minimum absolute atomic E-state index is 0.0192. The van der Waals surface area contributed by atoms with E-state index >= 15 is 0 Å². The maximum atomic E-state index is 11.1. The average Bonchev–Trinajstić information content (AvgIpc) is 2.38. The highest BCUT2D eigenvalue weighted by atomic mass is 35.5. The van der Waals surface area contributed by atoms with Crippen molar-refractivity contribution in [3.05, 3.63) is 32.8 Å². The number of amides is 1. The Morgan fingerprint density at radius 3 is 2.55 bits per heavy atom. The Morgan fingerprint density at radius 1 is 1.41 bits per heavy atom. The molecule has 0 bridgehead atoms. The smallest absolute Gasteiger partial charge is 0.292 e. The molecule has 1 aromatic rings. The van der Waals surface area contributed by atoms with Gasteiger partial charge in [-0.3, -0.25) is 19.1 Å². The van der Waals surface area contributed by atoms with Gasteiger partial charge in [0, 0.05) is 18.1 Å². The number of hydrogen-bond donors (Lipinski definition) is 1. The summed E-state index contributed by atoms with van der Waals surface area (Å²) in [5.74, 6) is -0.964. The van der Waals surface area contributed by atoms with Crippen LogP contribution in [-0.4, -0.2) is 38.7 Å². The van der Waals surface area contributed by atoms with E-state index in [4.69, 9.17) is 22.1 Å². The van der Waals surface area contributed by atoms with Crippen LogP contribution in [0.15, 0.2) is 12.1 Å². The summed E-state index contributed by atoms with van der Waals surface area (Å²) in [7, 11) is -3.55. The lowest BCUT2D eigenvalue weighted by Gasteiger charge is -2.09. The molecule has 0 heterocycles. The van der Waals surface area contributed by atoms with E-state index < -0.39 is 26.6 Å². The van der Waals surface area contributed by atoms with Gasteiger partial charge in [-0.25, -0.2) is 0 Å². The lowest BCUT2D eigenvalue weighted by Crippen LogP contribution is -2.12. The second-order valence-corrected chi connectivity index (χ2v) is 6.18. The van der Waals surface area contributed by atoms with Gasteiger partial charge in [-0.2, -0.15) is 8.42 Å². The highest BCUT2D eigenvalue weighted by Crippen LogP contribution is 2.35. The number of ether oxygens (including phenoxy) is 1. The van der Waals surface area contributed by atoms with Crippen LogP contribution < -0.4 is 10.5 Å². The first-order chi connectivity index (χ1) is 10.1. The summed E-state index contributed by atoms with van der Waals surface area (Å²) in [6.07, 6.45) is 1.10. The molecule has 11 heteroatoms. The van der Waals surface area contributed by atoms with Gasteiger partial charge in [-0.1, -0.05) is 11.6 Å². The molecule has 1 aromatic carbocycles. The fourth-order valence-electron chi connectivity index (χ4n) is 1.41. The van der Waals surface area contributed by atoms with Crippen LogP contribution in [0.5, 0.6) is 5.75 Å². The number of benzene rings is 1. The number of halogens is 1. The van der Waals surface area contributed by atoms with E-state index in [1.54, 1.807) is 0 Å². The number of nitrogens with zero attached hydrogens (tertiary/aromatic N) is 1. The van der Waals surface area contributed by atoms with Gasteiger partial charge >= 0.3 is 0 Å². The topological polar surface area (TPSA) is 139 Å². The first-order valence-corrected chi connectivity index (χ1v) is 8.06. The average molecular weight is 353 g/mol. The molecule has 0 aliphatic carbocycles. The van der Waals surface area contributed by atoms with Crippen LogP contribution in [0.25, 0.3) is 0 Å². The third-order valence-corrected chi connectivity index (χ3v) is 3.32. The number of rotatable bonds is 8. The fraction of sp³-hybridized carbons (Fsp3) is 0.364. The maximum absolute atomic E-state index is 11.1. The van der Waals surface area contributed by atoms with Crippen molar-refractivity contribution in [1.82, 2.24) is 0 Å². The van der Waals surface area contributed by atoms with Crippen LogP contribution in [0.3, 0.4) is 0 Å². The molecule has 0 saturated carbocycles. The van der Waals surface area contributed by atoms with Crippen LogP contribution in [-0.2, 0) is 14.3 Å². The van der Waals surface area contributed by atoms with Crippen LogP contribution in [0.2, 0.25) is 5.02 Å². The summed E-state index contributed by atoms with van der Waals surface area (Å²) in [6, 6.07) is 2.12. The normalized spacial score (nSPS) is 11.2. The zero-order valence-electron chi connectivity index (χ0n) is 11.4. The van der Waals surface area contributed by atoms with Gasteiger partial charge in [0.05, 0.1) is 24.4 Å². The lowest BCUT2D eigenvalue weighted by molar-refractivity contribution is -0.384. The van der Waals surface area contributed by atoms with E-state index in [-0.39, 0.29) is 36.0 Å². The van der Waals surface area contributed by atoms with Gasteiger partial charge < -0.3 is 10.5 Å². The molecule has 9 nitrogen and oxygen atoms in total. The Kier molecular flexibility index (Phi) is 6.09. The molecule has 0 aliphatic heterocycles.